The van der Waals surface area contributed by atoms with Crippen LogP contribution in [-0.4, -0.2) is 27.2 Å². The molecule has 0 bridgehead atoms. The van der Waals surface area contributed by atoms with Crippen LogP contribution in [0.2, 0.25) is 0 Å². The topological polar surface area (TPSA) is 71.8 Å². The van der Waals surface area contributed by atoms with Crippen LogP contribution in [0, 0.1) is 0 Å². The molecule has 0 radical (unpaired) electrons. The first kappa shape index (κ1) is 12.7. The highest BCUT2D eigenvalue weighted by atomic mass is 16.1. The van der Waals surface area contributed by atoms with E-state index in [4.69, 9.17) is 0 Å². The van der Waals surface area contributed by atoms with E-state index in [-0.39, 0.29) is 11.8 Å². The van der Waals surface area contributed by atoms with Crippen molar-refractivity contribution in [1.29, 1.82) is 0 Å². The number of benzene rings is 1. The number of carbonyl (C=O) groups is 1. The Labute approximate surface area is 117 Å². The average Bonchev–Trinajstić information content (AvgIpc) is 3.11. The number of hydrogen-bond acceptors (Lipinski definition) is 4. The molecule has 6 nitrogen and oxygen atoms in total. The minimum atomic E-state index is -0.135. The van der Waals surface area contributed by atoms with Gasteiger partial charge in [0.1, 0.15) is 6.33 Å². The molecule has 1 aromatic heterocycles. The maximum absolute atomic E-state index is 12.3. The van der Waals surface area contributed by atoms with E-state index in [1.165, 1.54) is 0 Å². The zero-order chi connectivity index (χ0) is 13.9. The van der Waals surface area contributed by atoms with Crippen LogP contribution >= 0.6 is 0 Å². The van der Waals surface area contributed by atoms with E-state index in [1.54, 1.807) is 6.33 Å². The van der Waals surface area contributed by atoms with Crippen LogP contribution in [0.4, 0.5) is 5.69 Å². The normalized spacial score (nSPS) is 16.6. The molecule has 0 fully saturated rings. The lowest BCUT2D eigenvalue weighted by Gasteiger charge is -2.11. The quantitative estimate of drug-likeness (QED) is 0.874. The molecule has 1 aliphatic heterocycles. The fraction of sp³-hybridized carbons (Fsp3) is 0.357. The van der Waals surface area contributed by atoms with Gasteiger partial charge in [-0.1, -0.05) is 18.2 Å². The van der Waals surface area contributed by atoms with Gasteiger partial charge in [-0.2, -0.15) is 0 Å². The summed E-state index contributed by atoms with van der Waals surface area (Å²) in [5, 5.41) is 14.1. The molecule has 2 N–H and O–H groups in total. The van der Waals surface area contributed by atoms with Crippen LogP contribution in [0.15, 0.2) is 30.6 Å². The number of para-hydroxylation sites is 1. The van der Waals surface area contributed by atoms with E-state index in [0.717, 1.165) is 23.6 Å². The maximum Gasteiger partial charge on any atom is 0.229 e. The van der Waals surface area contributed by atoms with Gasteiger partial charge < -0.3 is 15.2 Å². The monoisotopic (exact) mass is 271 g/mol. The standard InChI is InChI=1S/C14H17N5O/c1-2-19-9-17-18-13(19)8-16-14(20)11-7-15-12-6-4-3-5-10(11)12/h3-6,9,11,15H,2,7-8H2,1H3,(H,16,20). The third kappa shape index (κ3) is 2.24. The number of hydrogen-bond donors (Lipinski definition) is 2. The van der Waals surface area contributed by atoms with E-state index in [9.17, 15) is 4.79 Å². The molecule has 0 spiro atoms. The summed E-state index contributed by atoms with van der Waals surface area (Å²) in [6.07, 6.45) is 1.67. The molecular formula is C14H17N5O. The maximum atomic E-state index is 12.3. The lowest BCUT2D eigenvalue weighted by molar-refractivity contribution is -0.122. The third-order valence-electron chi connectivity index (χ3n) is 3.61. The van der Waals surface area contributed by atoms with Crippen LogP contribution < -0.4 is 10.6 Å². The first-order valence-corrected chi connectivity index (χ1v) is 6.76. The van der Waals surface area contributed by atoms with Gasteiger partial charge in [0.15, 0.2) is 5.82 Å². The Hall–Kier alpha value is -2.37. The Bertz CT molecular complexity index is 622. The molecule has 2 aromatic rings. The highest BCUT2D eigenvalue weighted by Gasteiger charge is 2.27. The molecule has 3 rings (SSSR count). The summed E-state index contributed by atoms with van der Waals surface area (Å²) in [4.78, 5) is 12.3. The zero-order valence-corrected chi connectivity index (χ0v) is 11.3. The SMILES string of the molecule is CCn1cnnc1CNC(=O)C1CNc2ccccc21. The van der Waals surface area contributed by atoms with Crippen molar-refractivity contribution in [2.45, 2.75) is 25.9 Å². The van der Waals surface area contributed by atoms with Gasteiger partial charge in [-0.25, -0.2) is 0 Å². The Morgan fingerprint density at radius 3 is 3.20 bits per heavy atom. The fourth-order valence-electron chi connectivity index (χ4n) is 2.49. The van der Waals surface area contributed by atoms with E-state index in [0.29, 0.717) is 13.1 Å². The van der Waals surface area contributed by atoms with Crippen molar-refractivity contribution in [1.82, 2.24) is 20.1 Å². The summed E-state index contributed by atoms with van der Waals surface area (Å²) < 4.78 is 1.92. The lowest BCUT2D eigenvalue weighted by atomic mass is 10.0. The van der Waals surface area contributed by atoms with Crippen molar-refractivity contribution in [3.8, 4) is 0 Å². The second kappa shape index (κ2) is 5.32. The molecule has 1 aliphatic rings. The molecule has 1 amide bonds. The number of aryl methyl sites for hydroxylation is 1. The number of carbonyl (C=O) groups excluding carboxylic acids is 1. The molecule has 1 unspecified atom stereocenters. The Morgan fingerprint density at radius 1 is 1.50 bits per heavy atom. The summed E-state index contributed by atoms with van der Waals surface area (Å²) in [6.45, 7) is 3.87. The predicted octanol–water partition coefficient (Wildman–Crippen LogP) is 1.12. The van der Waals surface area contributed by atoms with Gasteiger partial charge in [-0.3, -0.25) is 4.79 Å². The molecule has 0 saturated heterocycles. The van der Waals surface area contributed by atoms with Crippen LogP contribution in [-0.2, 0) is 17.9 Å². The van der Waals surface area contributed by atoms with Crippen molar-refractivity contribution >= 4 is 11.6 Å². The number of fused-ring (bicyclic) bond motifs is 1. The van der Waals surface area contributed by atoms with Crippen molar-refractivity contribution in [3.05, 3.63) is 42.0 Å². The molecule has 1 atom stereocenters. The van der Waals surface area contributed by atoms with Gasteiger partial charge in [-0.15, -0.1) is 10.2 Å². The van der Waals surface area contributed by atoms with Gasteiger partial charge in [0.25, 0.3) is 0 Å². The third-order valence-corrected chi connectivity index (χ3v) is 3.61. The van der Waals surface area contributed by atoms with E-state index >= 15 is 0 Å². The van der Waals surface area contributed by atoms with Gasteiger partial charge >= 0.3 is 0 Å². The van der Waals surface area contributed by atoms with E-state index < -0.39 is 0 Å². The minimum Gasteiger partial charge on any atom is -0.384 e. The van der Waals surface area contributed by atoms with Crippen molar-refractivity contribution in [3.63, 3.8) is 0 Å². The molecule has 6 heteroatoms. The molecule has 1 aromatic carbocycles. The number of amides is 1. The van der Waals surface area contributed by atoms with Crippen LogP contribution in [0.3, 0.4) is 0 Å². The second-order valence-electron chi connectivity index (χ2n) is 4.77. The summed E-state index contributed by atoms with van der Waals surface area (Å²) in [5.74, 6) is 0.664. The number of aromatic nitrogens is 3. The summed E-state index contributed by atoms with van der Waals surface area (Å²) >= 11 is 0. The fourth-order valence-corrected chi connectivity index (χ4v) is 2.49. The largest absolute Gasteiger partial charge is 0.384 e. The molecule has 0 saturated carbocycles. The highest BCUT2D eigenvalue weighted by molar-refractivity contribution is 5.88. The molecule has 104 valence electrons. The minimum absolute atomic E-state index is 0.0214. The average molecular weight is 271 g/mol. The number of nitrogens with zero attached hydrogens (tertiary/aromatic N) is 3. The summed E-state index contributed by atoms with van der Waals surface area (Å²) in [5.41, 5.74) is 2.10. The van der Waals surface area contributed by atoms with Crippen LogP contribution in [0.1, 0.15) is 24.2 Å². The first-order chi connectivity index (χ1) is 9.79. The Kier molecular flexibility index (Phi) is 3.37. The van der Waals surface area contributed by atoms with Gasteiger partial charge in [-0.05, 0) is 18.6 Å². The molecule has 2 heterocycles. The zero-order valence-electron chi connectivity index (χ0n) is 11.3. The van der Waals surface area contributed by atoms with Crippen molar-refractivity contribution < 1.29 is 4.79 Å². The van der Waals surface area contributed by atoms with E-state index in [1.807, 2.05) is 35.8 Å². The number of rotatable bonds is 4. The van der Waals surface area contributed by atoms with Gasteiger partial charge in [0, 0.05) is 18.8 Å². The van der Waals surface area contributed by atoms with Crippen molar-refractivity contribution in [2.24, 2.45) is 0 Å². The Balaban J connectivity index is 1.66. The molecule has 20 heavy (non-hydrogen) atoms. The lowest BCUT2D eigenvalue weighted by Crippen LogP contribution is -2.30. The van der Waals surface area contributed by atoms with Crippen LogP contribution in [0.25, 0.3) is 0 Å². The predicted molar refractivity (Wildman–Crippen MR) is 75.2 cm³/mol. The van der Waals surface area contributed by atoms with Crippen molar-refractivity contribution in [2.75, 3.05) is 11.9 Å². The smallest absolute Gasteiger partial charge is 0.229 e. The molecular weight excluding hydrogens is 254 g/mol. The molecule has 0 aliphatic carbocycles. The van der Waals surface area contributed by atoms with Gasteiger partial charge in [0.2, 0.25) is 5.91 Å². The summed E-state index contributed by atoms with van der Waals surface area (Å²) in [7, 11) is 0. The first-order valence-electron chi connectivity index (χ1n) is 6.76. The number of anilines is 1. The number of nitrogens with one attached hydrogen (secondary N) is 2. The van der Waals surface area contributed by atoms with Crippen LogP contribution in [0.5, 0.6) is 0 Å². The Morgan fingerprint density at radius 2 is 2.35 bits per heavy atom. The highest BCUT2D eigenvalue weighted by Crippen LogP contribution is 2.30. The van der Waals surface area contributed by atoms with E-state index in [2.05, 4.69) is 20.8 Å². The summed E-state index contributed by atoms with van der Waals surface area (Å²) in [6, 6.07) is 7.92. The van der Waals surface area contributed by atoms with Gasteiger partial charge in [0.05, 0.1) is 12.5 Å². The second-order valence-corrected chi connectivity index (χ2v) is 4.77.